The molecule has 3 heteroatoms. The Bertz CT molecular complexity index is 595. The van der Waals surface area contributed by atoms with Gasteiger partial charge in [-0.25, -0.2) is 0 Å². The van der Waals surface area contributed by atoms with E-state index in [9.17, 15) is 4.79 Å². The number of carbonyl (C=O) groups excluding carboxylic acids is 1. The third-order valence-electron chi connectivity index (χ3n) is 3.30. The maximum absolute atomic E-state index is 12.4. The number of halogens is 1. The average Bonchev–Trinajstić information content (AvgIpc) is 2.47. The van der Waals surface area contributed by atoms with Crippen LogP contribution in [0, 0.1) is 9.49 Å². The molecule has 0 saturated heterocycles. The Morgan fingerprint density at radius 1 is 1.10 bits per heavy atom. The van der Waals surface area contributed by atoms with Gasteiger partial charge in [-0.05, 0) is 58.7 Å². The van der Waals surface area contributed by atoms with Crippen molar-refractivity contribution in [1.82, 2.24) is 5.32 Å². The van der Waals surface area contributed by atoms with E-state index < -0.39 is 0 Å². The first-order chi connectivity index (χ1) is 10.1. The summed E-state index contributed by atoms with van der Waals surface area (Å²) in [4.78, 5) is 12.4. The summed E-state index contributed by atoms with van der Waals surface area (Å²) in [6.45, 7) is 4.35. The van der Waals surface area contributed by atoms with E-state index in [0.29, 0.717) is 11.5 Å². The molecule has 1 unspecified atom stereocenters. The molecule has 1 atom stereocenters. The first kappa shape index (κ1) is 16.0. The number of hydrogen-bond donors (Lipinski definition) is 1. The summed E-state index contributed by atoms with van der Waals surface area (Å²) < 4.78 is 1.07. The molecule has 0 aromatic heterocycles. The van der Waals surface area contributed by atoms with E-state index in [1.165, 1.54) is 0 Å². The van der Waals surface area contributed by atoms with E-state index in [2.05, 4.69) is 53.9 Å². The summed E-state index contributed by atoms with van der Waals surface area (Å²) in [6, 6.07) is 17.9. The van der Waals surface area contributed by atoms with Crippen LogP contribution in [0.15, 0.2) is 54.6 Å². The van der Waals surface area contributed by atoms with E-state index >= 15 is 0 Å². The van der Waals surface area contributed by atoms with Crippen LogP contribution in [0.25, 0.3) is 0 Å². The smallest absolute Gasteiger partial charge is 0.251 e. The fraction of sp³-hybridized carbons (Fsp3) is 0.278. The Morgan fingerprint density at radius 3 is 2.43 bits per heavy atom. The zero-order chi connectivity index (χ0) is 15.2. The minimum Gasteiger partial charge on any atom is -0.345 e. The topological polar surface area (TPSA) is 29.1 Å². The van der Waals surface area contributed by atoms with Crippen LogP contribution in [-0.2, 0) is 0 Å². The number of benzene rings is 2. The summed E-state index contributed by atoms with van der Waals surface area (Å²) in [6.07, 6.45) is 0.930. The lowest BCUT2D eigenvalue weighted by Crippen LogP contribution is -2.29. The van der Waals surface area contributed by atoms with Gasteiger partial charge in [0.05, 0.1) is 6.04 Å². The zero-order valence-electron chi connectivity index (χ0n) is 12.3. The quantitative estimate of drug-likeness (QED) is 0.726. The molecule has 0 bridgehead atoms. The monoisotopic (exact) mass is 393 g/mol. The molecule has 21 heavy (non-hydrogen) atoms. The fourth-order valence-electron chi connectivity index (χ4n) is 2.31. The normalized spacial score (nSPS) is 12.2. The second-order valence-corrected chi connectivity index (χ2v) is 6.82. The molecule has 2 nitrogen and oxygen atoms in total. The fourth-order valence-corrected chi connectivity index (χ4v) is 2.85. The minimum absolute atomic E-state index is 0.0111. The van der Waals surface area contributed by atoms with Gasteiger partial charge in [0.2, 0.25) is 0 Å². The number of nitrogens with one attached hydrogen (secondary N) is 1. The molecule has 0 aliphatic carbocycles. The van der Waals surface area contributed by atoms with Crippen LogP contribution in [0.1, 0.15) is 42.2 Å². The van der Waals surface area contributed by atoms with Crippen molar-refractivity contribution in [3.8, 4) is 0 Å². The Balaban J connectivity index is 2.17. The molecule has 0 aliphatic heterocycles. The predicted octanol–water partition coefficient (Wildman–Crippen LogP) is 4.81. The highest BCUT2D eigenvalue weighted by Gasteiger charge is 2.17. The molecule has 2 aromatic rings. The minimum atomic E-state index is -0.0111. The van der Waals surface area contributed by atoms with Gasteiger partial charge < -0.3 is 5.32 Å². The lowest BCUT2D eigenvalue weighted by molar-refractivity contribution is 0.0932. The van der Waals surface area contributed by atoms with Crippen molar-refractivity contribution in [1.29, 1.82) is 0 Å². The maximum Gasteiger partial charge on any atom is 0.251 e. The lowest BCUT2D eigenvalue weighted by atomic mass is 9.96. The molecule has 110 valence electrons. The van der Waals surface area contributed by atoms with Crippen LogP contribution in [-0.4, -0.2) is 5.91 Å². The molecule has 0 saturated carbocycles. The Labute approximate surface area is 140 Å². The lowest BCUT2D eigenvalue weighted by Gasteiger charge is -2.21. The summed E-state index contributed by atoms with van der Waals surface area (Å²) in [5.74, 6) is 0.509. The second kappa shape index (κ2) is 7.59. The molecule has 1 N–H and O–H groups in total. The van der Waals surface area contributed by atoms with Gasteiger partial charge in [0.15, 0.2) is 0 Å². The van der Waals surface area contributed by atoms with Crippen LogP contribution in [0.4, 0.5) is 0 Å². The summed E-state index contributed by atoms with van der Waals surface area (Å²) in [7, 11) is 0. The number of amides is 1. The SMILES string of the molecule is CC(C)CC(NC(=O)c1cccc(I)c1)c1ccccc1. The molecule has 0 heterocycles. The molecule has 0 spiro atoms. The Hall–Kier alpha value is -1.36. The Kier molecular flexibility index (Phi) is 5.79. The molecule has 0 aliphatic rings. The van der Waals surface area contributed by atoms with Gasteiger partial charge in [-0.15, -0.1) is 0 Å². The summed E-state index contributed by atoms with van der Waals surface area (Å²) in [5.41, 5.74) is 1.87. The van der Waals surface area contributed by atoms with E-state index in [1.807, 2.05) is 42.5 Å². The van der Waals surface area contributed by atoms with Gasteiger partial charge in [0.25, 0.3) is 5.91 Å². The van der Waals surface area contributed by atoms with Crippen molar-refractivity contribution in [3.63, 3.8) is 0 Å². The van der Waals surface area contributed by atoms with Gasteiger partial charge in [-0.3, -0.25) is 4.79 Å². The van der Waals surface area contributed by atoms with Crippen molar-refractivity contribution in [2.75, 3.05) is 0 Å². The van der Waals surface area contributed by atoms with Crippen LogP contribution < -0.4 is 5.32 Å². The highest BCUT2D eigenvalue weighted by atomic mass is 127. The van der Waals surface area contributed by atoms with E-state index in [-0.39, 0.29) is 11.9 Å². The Morgan fingerprint density at radius 2 is 1.81 bits per heavy atom. The van der Waals surface area contributed by atoms with Crippen molar-refractivity contribution >= 4 is 28.5 Å². The highest BCUT2D eigenvalue weighted by molar-refractivity contribution is 14.1. The predicted molar refractivity (Wildman–Crippen MR) is 95.3 cm³/mol. The number of carbonyl (C=O) groups is 1. The van der Waals surface area contributed by atoms with Crippen LogP contribution in [0.3, 0.4) is 0 Å². The molecule has 0 fully saturated rings. The number of rotatable bonds is 5. The summed E-state index contributed by atoms with van der Waals surface area (Å²) in [5, 5.41) is 3.17. The zero-order valence-corrected chi connectivity index (χ0v) is 14.5. The van der Waals surface area contributed by atoms with Crippen molar-refractivity contribution in [2.24, 2.45) is 5.92 Å². The molecule has 0 radical (unpaired) electrons. The highest BCUT2D eigenvalue weighted by Crippen LogP contribution is 2.21. The maximum atomic E-state index is 12.4. The molecular formula is C18H20INO. The van der Waals surface area contributed by atoms with Gasteiger partial charge in [-0.1, -0.05) is 50.2 Å². The van der Waals surface area contributed by atoms with E-state index in [0.717, 1.165) is 15.6 Å². The average molecular weight is 393 g/mol. The van der Waals surface area contributed by atoms with Gasteiger partial charge in [0, 0.05) is 9.13 Å². The van der Waals surface area contributed by atoms with Gasteiger partial charge in [-0.2, -0.15) is 0 Å². The first-order valence-corrected chi connectivity index (χ1v) is 8.25. The molecular weight excluding hydrogens is 373 g/mol. The third kappa shape index (κ3) is 4.84. The van der Waals surface area contributed by atoms with Crippen molar-refractivity contribution in [3.05, 3.63) is 69.3 Å². The van der Waals surface area contributed by atoms with E-state index in [4.69, 9.17) is 0 Å². The molecule has 1 amide bonds. The van der Waals surface area contributed by atoms with E-state index in [1.54, 1.807) is 0 Å². The second-order valence-electron chi connectivity index (χ2n) is 5.58. The van der Waals surface area contributed by atoms with Crippen molar-refractivity contribution in [2.45, 2.75) is 26.3 Å². The van der Waals surface area contributed by atoms with Crippen molar-refractivity contribution < 1.29 is 4.79 Å². The van der Waals surface area contributed by atoms with Gasteiger partial charge in [0.1, 0.15) is 0 Å². The third-order valence-corrected chi connectivity index (χ3v) is 3.97. The van der Waals surface area contributed by atoms with Crippen LogP contribution >= 0.6 is 22.6 Å². The molecule has 2 rings (SSSR count). The van der Waals surface area contributed by atoms with Crippen LogP contribution in [0.2, 0.25) is 0 Å². The number of hydrogen-bond acceptors (Lipinski definition) is 1. The molecule has 2 aromatic carbocycles. The summed E-state index contributed by atoms with van der Waals surface area (Å²) >= 11 is 2.22. The standard InChI is InChI=1S/C18H20INO/c1-13(2)11-17(14-7-4-3-5-8-14)20-18(21)15-9-6-10-16(19)12-15/h3-10,12-13,17H,11H2,1-2H3,(H,20,21). The van der Waals surface area contributed by atoms with Crippen LogP contribution in [0.5, 0.6) is 0 Å². The first-order valence-electron chi connectivity index (χ1n) is 7.17. The van der Waals surface area contributed by atoms with Gasteiger partial charge >= 0.3 is 0 Å². The largest absolute Gasteiger partial charge is 0.345 e.